The van der Waals surface area contributed by atoms with Crippen molar-refractivity contribution in [2.45, 2.75) is 13.3 Å². The van der Waals surface area contributed by atoms with Crippen LogP contribution in [-0.4, -0.2) is 31.3 Å². The molecule has 3 aromatic heterocycles. The van der Waals surface area contributed by atoms with Gasteiger partial charge in [0, 0.05) is 24.1 Å². The largest absolute Gasteiger partial charge is 0.350 e. The fraction of sp³-hybridized carbons (Fsp3) is 0.0800. The molecule has 0 aliphatic rings. The molecule has 0 fully saturated rings. The van der Waals surface area contributed by atoms with E-state index in [1.54, 1.807) is 66.3 Å². The van der Waals surface area contributed by atoms with Crippen molar-refractivity contribution in [1.29, 1.82) is 0 Å². The second-order valence-corrected chi connectivity index (χ2v) is 7.73. The molecule has 0 bridgehead atoms. The van der Waals surface area contributed by atoms with Gasteiger partial charge in [-0.15, -0.1) is 0 Å². The highest BCUT2D eigenvalue weighted by molar-refractivity contribution is 6.00. The van der Waals surface area contributed by atoms with Gasteiger partial charge in [-0.2, -0.15) is 15.2 Å². The molecule has 0 atom stereocenters. The minimum absolute atomic E-state index is 0.294. The fourth-order valence-corrected chi connectivity index (χ4v) is 3.71. The molecule has 3 heterocycles. The van der Waals surface area contributed by atoms with E-state index in [-0.39, 0.29) is 5.82 Å². The van der Waals surface area contributed by atoms with Gasteiger partial charge in [0.25, 0.3) is 0 Å². The predicted molar refractivity (Wildman–Crippen MR) is 128 cm³/mol. The van der Waals surface area contributed by atoms with Crippen LogP contribution in [-0.2, 0) is 6.42 Å². The van der Waals surface area contributed by atoms with Gasteiger partial charge in [0.05, 0.1) is 28.8 Å². The summed E-state index contributed by atoms with van der Waals surface area (Å²) < 4.78 is 16.4. The molecule has 0 radical (unpaired) electrons. The van der Waals surface area contributed by atoms with Crippen LogP contribution in [0.15, 0.2) is 84.2 Å². The molecular weight excluding hydrogens is 433 g/mol. The number of urea groups is 1. The molecule has 0 aliphatic heterocycles. The second-order valence-electron chi connectivity index (χ2n) is 7.73. The Hall–Kier alpha value is -4.66. The number of aromatic nitrogens is 4. The molecule has 34 heavy (non-hydrogen) atoms. The zero-order valence-corrected chi connectivity index (χ0v) is 18.3. The Morgan fingerprint density at radius 3 is 2.71 bits per heavy atom. The first-order valence-electron chi connectivity index (χ1n) is 10.6. The van der Waals surface area contributed by atoms with Crippen molar-refractivity contribution >= 4 is 34.0 Å². The summed E-state index contributed by atoms with van der Waals surface area (Å²) in [6, 6.07) is 18.7. The number of fused-ring (bicyclic) bond motifs is 2. The summed E-state index contributed by atoms with van der Waals surface area (Å²) in [5.74, 6) is -0.338. The van der Waals surface area contributed by atoms with Crippen molar-refractivity contribution < 1.29 is 9.18 Å². The maximum atomic E-state index is 14.7. The number of nitrogens with two attached hydrogens (primary N) is 1. The second kappa shape index (κ2) is 8.70. The summed E-state index contributed by atoms with van der Waals surface area (Å²) in [4.78, 5) is 20.6. The lowest BCUT2D eigenvalue weighted by Gasteiger charge is -2.15. The standard InChI is InChI=1S/C25H20FN7O/c1-16(30-33(25(27)34)19-7-3-2-4-8-19)22-9-10-24-29-15-20(32(24)31-22)13-18-12-17-6-5-11-28-23(17)14-21(18)26/h2-12,14-15H,13H2,1H3,(H2,27,34)/b30-16+. The average molecular weight is 453 g/mol. The summed E-state index contributed by atoms with van der Waals surface area (Å²) in [7, 11) is 0. The lowest BCUT2D eigenvalue weighted by molar-refractivity contribution is 0.254. The number of hydrogen-bond donors (Lipinski definition) is 1. The number of rotatable bonds is 5. The van der Waals surface area contributed by atoms with Crippen LogP contribution in [0.1, 0.15) is 23.9 Å². The van der Waals surface area contributed by atoms with Gasteiger partial charge in [-0.25, -0.2) is 18.7 Å². The van der Waals surface area contributed by atoms with E-state index in [1.807, 2.05) is 18.2 Å². The molecule has 0 saturated heterocycles. The zero-order valence-electron chi connectivity index (χ0n) is 18.3. The van der Waals surface area contributed by atoms with Crippen molar-refractivity contribution in [3.05, 3.63) is 102 Å². The van der Waals surface area contributed by atoms with E-state index >= 15 is 0 Å². The molecule has 9 heteroatoms. The molecule has 2 amide bonds. The number of benzene rings is 2. The van der Waals surface area contributed by atoms with Gasteiger partial charge < -0.3 is 5.73 Å². The Morgan fingerprint density at radius 1 is 1.09 bits per heavy atom. The zero-order chi connectivity index (χ0) is 23.7. The molecule has 5 rings (SSSR count). The van der Waals surface area contributed by atoms with Crippen LogP contribution in [0.4, 0.5) is 14.9 Å². The lowest BCUT2D eigenvalue weighted by Crippen LogP contribution is -2.32. The van der Waals surface area contributed by atoms with E-state index in [9.17, 15) is 9.18 Å². The molecule has 0 saturated carbocycles. The molecule has 2 N–H and O–H groups in total. The first-order chi connectivity index (χ1) is 16.5. The number of imidazole rings is 1. The third kappa shape index (κ3) is 4.06. The van der Waals surface area contributed by atoms with Crippen molar-refractivity contribution in [1.82, 2.24) is 19.6 Å². The van der Waals surface area contributed by atoms with E-state index in [2.05, 4.69) is 20.2 Å². The normalized spacial score (nSPS) is 11.8. The lowest BCUT2D eigenvalue weighted by atomic mass is 10.1. The molecule has 0 aliphatic carbocycles. The Balaban J connectivity index is 1.50. The Labute approximate surface area is 194 Å². The molecule has 2 aromatic carbocycles. The number of amides is 2. The SMILES string of the molecule is C/C(=N\N(C(N)=O)c1ccccc1)c1ccc2ncc(Cc3cc4cccnc4cc3F)n2n1. The van der Waals surface area contributed by atoms with Gasteiger partial charge in [-0.05, 0) is 48.9 Å². The van der Waals surface area contributed by atoms with E-state index in [4.69, 9.17) is 5.73 Å². The molecule has 0 spiro atoms. The number of carbonyl (C=O) groups is 1. The van der Waals surface area contributed by atoms with Gasteiger partial charge >= 0.3 is 6.03 Å². The maximum absolute atomic E-state index is 14.7. The van der Waals surface area contributed by atoms with Crippen LogP contribution in [0.3, 0.4) is 0 Å². The van der Waals surface area contributed by atoms with Gasteiger partial charge in [-0.1, -0.05) is 24.3 Å². The first kappa shape index (κ1) is 21.2. The third-order valence-electron chi connectivity index (χ3n) is 5.41. The van der Waals surface area contributed by atoms with Gasteiger partial charge in [0.1, 0.15) is 11.5 Å². The summed E-state index contributed by atoms with van der Waals surface area (Å²) >= 11 is 0. The number of anilines is 1. The van der Waals surface area contributed by atoms with Crippen LogP contribution in [0.25, 0.3) is 16.6 Å². The minimum Gasteiger partial charge on any atom is -0.350 e. The molecule has 0 unspecified atom stereocenters. The number of hydrogen-bond acceptors (Lipinski definition) is 5. The quantitative estimate of drug-likeness (QED) is 0.316. The molecular formula is C25H20FN7O. The molecule has 8 nitrogen and oxygen atoms in total. The monoisotopic (exact) mass is 453 g/mol. The highest BCUT2D eigenvalue weighted by Gasteiger charge is 2.15. The average Bonchev–Trinajstić information content (AvgIpc) is 3.25. The smallest absolute Gasteiger partial charge is 0.340 e. The van der Waals surface area contributed by atoms with Crippen LogP contribution in [0.2, 0.25) is 0 Å². The fourth-order valence-electron chi connectivity index (χ4n) is 3.71. The summed E-state index contributed by atoms with van der Waals surface area (Å²) in [5.41, 5.74) is 9.53. The minimum atomic E-state index is -0.712. The summed E-state index contributed by atoms with van der Waals surface area (Å²) in [6.07, 6.45) is 3.60. The summed E-state index contributed by atoms with van der Waals surface area (Å²) in [6.45, 7) is 1.74. The summed E-state index contributed by atoms with van der Waals surface area (Å²) in [5, 5.41) is 11.0. The maximum Gasteiger partial charge on any atom is 0.340 e. The topological polar surface area (TPSA) is 102 Å². The van der Waals surface area contributed by atoms with Crippen molar-refractivity contribution in [3.63, 3.8) is 0 Å². The van der Waals surface area contributed by atoms with Crippen LogP contribution < -0.4 is 10.7 Å². The third-order valence-corrected chi connectivity index (χ3v) is 5.41. The Morgan fingerprint density at radius 2 is 1.91 bits per heavy atom. The predicted octanol–water partition coefficient (Wildman–Crippen LogP) is 4.32. The van der Waals surface area contributed by atoms with Crippen LogP contribution >= 0.6 is 0 Å². The van der Waals surface area contributed by atoms with Crippen molar-refractivity contribution in [2.24, 2.45) is 10.8 Å². The number of para-hydroxylation sites is 1. The molecule has 168 valence electrons. The van der Waals surface area contributed by atoms with Gasteiger partial charge in [-0.3, -0.25) is 4.98 Å². The highest BCUT2D eigenvalue weighted by atomic mass is 19.1. The molecule has 5 aromatic rings. The first-order valence-corrected chi connectivity index (χ1v) is 10.6. The van der Waals surface area contributed by atoms with Crippen molar-refractivity contribution in [3.8, 4) is 0 Å². The number of hydrazone groups is 1. The van der Waals surface area contributed by atoms with E-state index < -0.39 is 6.03 Å². The van der Waals surface area contributed by atoms with Gasteiger partial charge in [0.15, 0.2) is 5.65 Å². The number of pyridine rings is 1. The Bertz CT molecular complexity index is 1550. The van der Waals surface area contributed by atoms with Crippen LogP contribution in [0, 0.1) is 5.82 Å². The van der Waals surface area contributed by atoms with Crippen LogP contribution in [0.5, 0.6) is 0 Å². The van der Waals surface area contributed by atoms with E-state index in [0.29, 0.717) is 45.9 Å². The Kier molecular flexibility index (Phi) is 5.43. The number of nitrogens with zero attached hydrogens (tertiary/aromatic N) is 6. The number of primary amides is 1. The number of carbonyl (C=O) groups excluding carboxylic acids is 1. The highest BCUT2D eigenvalue weighted by Crippen LogP contribution is 2.21. The van der Waals surface area contributed by atoms with Crippen molar-refractivity contribution in [2.75, 3.05) is 5.01 Å². The van der Waals surface area contributed by atoms with Gasteiger partial charge in [0.2, 0.25) is 0 Å². The van der Waals surface area contributed by atoms with E-state index in [0.717, 1.165) is 10.4 Å². The number of halogens is 1. The van der Waals surface area contributed by atoms with E-state index in [1.165, 1.54) is 6.07 Å².